The summed E-state index contributed by atoms with van der Waals surface area (Å²) in [5.74, 6) is 0. The van der Waals surface area contributed by atoms with Gasteiger partial charge in [-0.15, -0.1) is 0 Å². The van der Waals surface area contributed by atoms with Crippen molar-refractivity contribution in [1.82, 2.24) is 5.32 Å². The van der Waals surface area contributed by atoms with E-state index < -0.39 is 18.9 Å². The Morgan fingerprint density at radius 2 is 1.88 bits per heavy atom. The lowest BCUT2D eigenvalue weighted by Gasteiger charge is -2.09. The van der Waals surface area contributed by atoms with Crippen LogP contribution >= 0.6 is 11.6 Å². The van der Waals surface area contributed by atoms with Crippen molar-refractivity contribution in [1.29, 1.82) is 0 Å². The van der Waals surface area contributed by atoms with E-state index in [9.17, 15) is 18.0 Å². The van der Waals surface area contributed by atoms with Crippen LogP contribution in [0.1, 0.15) is 5.56 Å². The highest BCUT2D eigenvalue weighted by atomic mass is 35.5. The number of halogens is 4. The van der Waals surface area contributed by atoms with Crippen molar-refractivity contribution < 1.29 is 22.7 Å². The van der Waals surface area contributed by atoms with Gasteiger partial charge in [0.05, 0.1) is 0 Å². The standard InChI is InChI=1S/C10H9ClF3NO2/c11-8-3-1-7(2-4-8)5-15-9(16)17-6-10(12,13)14/h1-4H,5-6H2,(H,15,16). The fourth-order valence-corrected chi connectivity index (χ4v) is 1.10. The SMILES string of the molecule is O=C(NCc1ccc(Cl)cc1)OCC(F)(F)F. The lowest BCUT2D eigenvalue weighted by atomic mass is 10.2. The van der Waals surface area contributed by atoms with Gasteiger partial charge in [0.2, 0.25) is 0 Å². The molecule has 0 saturated carbocycles. The summed E-state index contributed by atoms with van der Waals surface area (Å²) in [5, 5.41) is 2.72. The van der Waals surface area contributed by atoms with Crippen molar-refractivity contribution in [2.45, 2.75) is 12.7 Å². The van der Waals surface area contributed by atoms with E-state index in [0.717, 1.165) is 0 Å². The monoisotopic (exact) mass is 267 g/mol. The number of ether oxygens (including phenoxy) is 1. The Bertz CT molecular complexity index is 378. The first-order valence-electron chi connectivity index (χ1n) is 4.58. The molecule has 0 spiro atoms. The van der Waals surface area contributed by atoms with Crippen LogP contribution < -0.4 is 5.32 Å². The van der Waals surface area contributed by atoms with Crippen molar-refractivity contribution >= 4 is 17.7 Å². The van der Waals surface area contributed by atoms with Gasteiger partial charge in [-0.3, -0.25) is 0 Å². The zero-order chi connectivity index (χ0) is 12.9. The van der Waals surface area contributed by atoms with E-state index in [0.29, 0.717) is 10.6 Å². The van der Waals surface area contributed by atoms with Gasteiger partial charge in [-0.25, -0.2) is 4.79 Å². The summed E-state index contributed by atoms with van der Waals surface area (Å²) >= 11 is 5.64. The van der Waals surface area contributed by atoms with Crippen LogP contribution in [-0.2, 0) is 11.3 Å². The molecule has 1 amide bonds. The van der Waals surface area contributed by atoms with Gasteiger partial charge in [-0.05, 0) is 17.7 Å². The Balaban J connectivity index is 2.31. The summed E-state index contributed by atoms with van der Waals surface area (Å²) < 4.78 is 39.1. The van der Waals surface area contributed by atoms with E-state index in [-0.39, 0.29) is 6.54 Å². The minimum atomic E-state index is -4.52. The molecule has 0 atom stereocenters. The molecule has 0 bridgehead atoms. The molecule has 1 aromatic carbocycles. The maximum absolute atomic E-state index is 11.7. The normalized spacial score (nSPS) is 11.1. The summed E-state index contributed by atoms with van der Waals surface area (Å²) in [6.45, 7) is -1.52. The number of benzene rings is 1. The highest BCUT2D eigenvalue weighted by Crippen LogP contribution is 2.14. The summed E-state index contributed by atoms with van der Waals surface area (Å²) in [6, 6.07) is 6.51. The van der Waals surface area contributed by atoms with E-state index in [2.05, 4.69) is 10.1 Å². The smallest absolute Gasteiger partial charge is 0.422 e. The number of hydrogen-bond acceptors (Lipinski definition) is 2. The number of nitrogens with one attached hydrogen (secondary N) is 1. The number of carbonyl (C=O) groups is 1. The minimum absolute atomic E-state index is 0.0772. The molecule has 0 radical (unpaired) electrons. The van der Waals surface area contributed by atoms with Crippen LogP contribution in [0.4, 0.5) is 18.0 Å². The maximum Gasteiger partial charge on any atom is 0.422 e. The summed E-state index contributed by atoms with van der Waals surface area (Å²) in [5.41, 5.74) is 0.707. The van der Waals surface area contributed by atoms with Crippen LogP contribution in [0.15, 0.2) is 24.3 Å². The van der Waals surface area contributed by atoms with Crippen molar-refractivity contribution in [3.63, 3.8) is 0 Å². The van der Waals surface area contributed by atoms with E-state index in [1.807, 2.05) is 0 Å². The van der Waals surface area contributed by atoms with Crippen molar-refractivity contribution in [2.75, 3.05) is 6.61 Å². The molecule has 1 N–H and O–H groups in total. The summed E-state index contributed by atoms with van der Waals surface area (Å²) in [4.78, 5) is 10.9. The molecule has 1 rings (SSSR count). The van der Waals surface area contributed by atoms with Crippen LogP contribution in [0.2, 0.25) is 5.02 Å². The van der Waals surface area contributed by atoms with Gasteiger partial charge in [0, 0.05) is 11.6 Å². The first-order valence-corrected chi connectivity index (χ1v) is 4.96. The Morgan fingerprint density at radius 3 is 2.41 bits per heavy atom. The number of hydrogen-bond donors (Lipinski definition) is 1. The summed E-state index contributed by atoms with van der Waals surface area (Å²) in [7, 11) is 0. The van der Waals surface area contributed by atoms with Gasteiger partial charge >= 0.3 is 12.3 Å². The third kappa shape index (κ3) is 6.01. The Morgan fingerprint density at radius 1 is 1.29 bits per heavy atom. The van der Waals surface area contributed by atoms with Gasteiger partial charge in [0.25, 0.3) is 0 Å². The van der Waals surface area contributed by atoms with Crippen molar-refractivity contribution in [3.05, 3.63) is 34.9 Å². The zero-order valence-electron chi connectivity index (χ0n) is 8.55. The first kappa shape index (κ1) is 13.6. The predicted octanol–water partition coefficient (Wildman–Crippen LogP) is 3.13. The molecule has 0 aromatic heterocycles. The number of amides is 1. The van der Waals surface area contributed by atoms with Gasteiger partial charge in [-0.1, -0.05) is 23.7 Å². The molecule has 3 nitrogen and oxygen atoms in total. The minimum Gasteiger partial charge on any atom is -0.440 e. The Hall–Kier alpha value is -1.43. The highest BCUT2D eigenvalue weighted by molar-refractivity contribution is 6.30. The van der Waals surface area contributed by atoms with Crippen LogP contribution in [0, 0.1) is 0 Å². The van der Waals surface area contributed by atoms with E-state index >= 15 is 0 Å². The van der Waals surface area contributed by atoms with Crippen LogP contribution in [0.25, 0.3) is 0 Å². The molecule has 0 aliphatic carbocycles. The number of alkyl carbamates (subject to hydrolysis) is 1. The third-order valence-corrected chi connectivity index (χ3v) is 1.97. The molecular weight excluding hydrogens is 259 g/mol. The average Bonchev–Trinajstić information content (AvgIpc) is 2.25. The van der Waals surface area contributed by atoms with Crippen molar-refractivity contribution in [3.8, 4) is 0 Å². The maximum atomic E-state index is 11.7. The first-order chi connectivity index (χ1) is 7.87. The second kappa shape index (κ2) is 5.77. The number of alkyl halides is 3. The lowest BCUT2D eigenvalue weighted by molar-refractivity contribution is -0.160. The fraction of sp³-hybridized carbons (Fsp3) is 0.300. The molecule has 94 valence electrons. The third-order valence-electron chi connectivity index (χ3n) is 1.72. The van der Waals surface area contributed by atoms with Crippen molar-refractivity contribution in [2.24, 2.45) is 0 Å². The molecule has 7 heteroatoms. The van der Waals surface area contributed by atoms with Crippen LogP contribution in [0.5, 0.6) is 0 Å². The topological polar surface area (TPSA) is 38.3 Å². The molecule has 0 aliphatic rings. The molecule has 0 unspecified atom stereocenters. The quantitative estimate of drug-likeness (QED) is 0.914. The number of carbonyl (C=O) groups excluding carboxylic acids is 1. The molecule has 1 aromatic rings. The molecule has 0 fully saturated rings. The Labute approximate surface area is 101 Å². The van der Waals surface area contributed by atoms with Crippen LogP contribution in [-0.4, -0.2) is 18.9 Å². The van der Waals surface area contributed by atoms with E-state index in [4.69, 9.17) is 11.6 Å². The van der Waals surface area contributed by atoms with E-state index in [1.165, 1.54) is 0 Å². The Kier molecular flexibility index (Phi) is 4.62. The second-order valence-electron chi connectivity index (χ2n) is 3.17. The van der Waals surface area contributed by atoms with Gasteiger partial charge in [0.15, 0.2) is 6.61 Å². The predicted molar refractivity (Wildman–Crippen MR) is 55.7 cm³/mol. The van der Waals surface area contributed by atoms with Gasteiger partial charge < -0.3 is 10.1 Å². The zero-order valence-corrected chi connectivity index (χ0v) is 9.31. The lowest BCUT2D eigenvalue weighted by Crippen LogP contribution is -2.28. The average molecular weight is 268 g/mol. The molecule has 0 heterocycles. The molecule has 17 heavy (non-hydrogen) atoms. The molecular formula is C10H9ClF3NO2. The van der Waals surface area contributed by atoms with Gasteiger partial charge in [-0.2, -0.15) is 13.2 Å². The van der Waals surface area contributed by atoms with Gasteiger partial charge in [0.1, 0.15) is 0 Å². The molecule has 0 aliphatic heterocycles. The summed E-state index contributed by atoms with van der Waals surface area (Å²) in [6.07, 6.45) is -5.63. The van der Waals surface area contributed by atoms with E-state index in [1.54, 1.807) is 24.3 Å². The second-order valence-corrected chi connectivity index (χ2v) is 3.61. The fourth-order valence-electron chi connectivity index (χ4n) is 0.975. The molecule has 0 saturated heterocycles. The largest absolute Gasteiger partial charge is 0.440 e. The highest BCUT2D eigenvalue weighted by Gasteiger charge is 2.29. The van der Waals surface area contributed by atoms with Crippen LogP contribution in [0.3, 0.4) is 0 Å². The number of rotatable bonds is 3.